The van der Waals surface area contributed by atoms with E-state index in [1.165, 1.54) is 0 Å². The highest BCUT2D eigenvalue weighted by Crippen LogP contribution is 2.20. The number of hydrogen-bond donors (Lipinski definition) is 1. The monoisotopic (exact) mass is 442 g/mol. The van der Waals surface area contributed by atoms with Gasteiger partial charge in [0.25, 0.3) is 0 Å². The largest absolute Gasteiger partial charge is 0.487 e. The van der Waals surface area contributed by atoms with Crippen molar-refractivity contribution in [3.63, 3.8) is 0 Å². The Bertz CT molecular complexity index is 1280. The highest BCUT2D eigenvalue weighted by molar-refractivity contribution is 5.91. The van der Waals surface area contributed by atoms with Crippen LogP contribution in [-0.4, -0.2) is 25.1 Å². The van der Waals surface area contributed by atoms with Gasteiger partial charge >= 0.3 is 0 Å². The molecule has 4 rings (SSSR count). The number of anilines is 1. The quantitative estimate of drug-likeness (QED) is 0.419. The number of ether oxygens (including phenoxy) is 1. The van der Waals surface area contributed by atoms with Crippen LogP contribution in [0.4, 0.5) is 5.69 Å². The van der Waals surface area contributed by atoms with E-state index in [1.54, 1.807) is 0 Å². The van der Waals surface area contributed by atoms with E-state index < -0.39 is 0 Å². The summed E-state index contributed by atoms with van der Waals surface area (Å²) in [6, 6.07) is 15.3. The molecular formula is C25H26N6O2. The van der Waals surface area contributed by atoms with Crippen LogP contribution in [0.1, 0.15) is 35.5 Å². The molecule has 0 bridgehead atoms. The molecule has 3 heterocycles. The van der Waals surface area contributed by atoms with Gasteiger partial charge in [0.15, 0.2) is 0 Å². The first-order valence-corrected chi connectivity index (χ1v) is 10.9. The SMILES string of the molecule is Cc1nn(CCC#N)c(C)c1CCC(=O)Nc1cccc(OCc2cn3ccccc3n2)c1. The van der Waals surface area contributed by atoms with Crippen LogP contribution in [-0.2, 0) is 24.4 Å². The first kappa shape index (κ1) is 22.1. The van der Waals surface area contributed by atoms with Gasteiger partial charge in [0.1, 0.15) is 18.0 Å². The van der Waals surface area contributed by atoms with Crippen molar-refractivity contribution in [2.45, 2.75) is 46.3 Å². The molecule has 0 spiro atoms. The second kappa shape index (κ2) is 10.0. The van der Waals surface area contributed by atoms with Crippen molar-refractivity contribution in [3.8, 4) is 11.8 Å². The first-order chi connectivity index (χ1) is 16.0. The molecule has 4 aromatic rings. The number of pyridine rings is 1. The van der Waals surface area contributed by atoms with Gasteiger partial charge in [0.05, 0.1) is 30.4 Å². The Labute approximate surface area is 192 Å². The minimum absolute atomic E-state index is 0.0731. The molecule has 3 aromatic heterocycles. The number of fused-ring (bicyclic) bond motifs is 1. The molecular weight excluding hydrogens is 416 g/mol. The number of aryl methyl sites for hydroxylation is 2. The van der Waals surface area contributed by atoms with Crippen LogP contribution in [0.15, 0.2) is 54.9 Å². The Morgan fingerprint density at radius 3 is 2.91 bits per heavy atom. The number of benzene rings is 1. The number of nitriles is 1. The molecule has 0 aliphatic heterocycles. The van der Waals surface area contributed by atoms with Crippen LogP contribution in [0.25, 0.3) is 5.65 Å². The van der Waals surface area contributed by atoms with Gasteiger partial charge in [0, 0.05) is 36.3 Å². The molecule has 1 N–H and O–H groups in total. The van der Waals surface area contributed by atoms with Gasteiger partial charge in [-0.25, -0.2) is 4.98 Å². The molecule has 168 valence electrons. The number of carbonyl (C=O) groups is 1. The number of imidazole rings is 1. The number of carbonyl (C=O) groups excluding carboxylic acids is 1. The fourth-order valence-electron chi connectivity index (χ4n) is 3.81. The first-order valence-electron chi connectivity index (χ1n) is 10.9. The number of nitrogens with one attached hydrogen (secondary N) is 1. The zero-order valence-corrected chi connectivity index (χ0v) is 18.8. The minimum Gasteiger partial charge on any atom is -0.487 e. The topological polar surface area (TPSA) is 97.2 Å². The van der Waals surface area contributed by atoms with Crippen molar-refractivity contribution in [1.29, 1.82) is 5.26 Å². The van der Waals surface area contributed by atoms with E-state index in [0.29, 0.717) is 43.9 Å². The van der Waals surface area contributed by atoms with Crippen LogP contribution in [0, 0.1) is 25.2 Å². The molecule has 1 amide bonds. The normalized spacial score (nSPS) is 10.8. The second-order valence-electron chi connectivity index (χ2n) is 7.84. The van der Waals surface area contributed by atoms with Gasteiger partial charge in [-0.05, 0) is 50.1 Å². The van der Waals surface area contributed by atoms with Crippen LogP contribution >= 0.6 is 0 Å². The lowest BCUT2D eigenvalue weighted by Gasteiger charge is -2.09. The van der Waals surface area contributed by atoms with E-state index in [2.05, 4.69) is 21.5 Å². The zero-order chi connectivity index (χ0) is 23.2. The average molecular weight is 443 g/mol. The lowest BCUT2D eigenvalue weighted by atomic mass is 10.1. The minimum atomic E-state index is -0.0731. The van der Waals surface area contributed by atoms with Gasteiger partial charge in [-0.3, -0.25) is 9.48 Å². The predicted octanol–water partition coefficient (Wildman–Crippen LogP) is 4.21. The summed E-state index contributed by atoms with van der Waals surface area (Å²) in [6.07, 6.45) is 5.24. The molecule has 0 aliphatic rings. The molecule has 1 aromatic carbocycles. The number of nitrogens with zero attached hydrogens (tertiary/aromatic N) is 5. The van der Waals surface area contributed by atoms with E-state index in [4.69, 9.17) is 10.00 Å². The van der Waals surface area contributed by atoms with Crippen molar-refractivity contribution in [2.24, 2.45) is 0 Å². The molecule has 0 aliphatic carbocycles. The summed E-state index contributed by atoms with van der Waals surface area (Å²) in [7, 11) is 0. The fraction of sp³-hybridized carbons (Fsp3) is 0.280. The molecule has 0 radical (unpaired) electrons. The standard InChI is InChI=1S/C25H26N6O2/c1-18-23(19(2)31(29-18)14-6-12-26)10-11-25(32)28-20-7-5-8-22(15-20)33-17-21-16-30-13-4-3-9-24(30)27-21/h3-5,7-9,13,15-16H,6,10-11,14,17H2,1-2H3,(H,28,32). The van der Waals surface area contributed by atoms with Crippen molar-refractivity contribution in [1.82, 2.24) is 19.2 Å². The van der Waals surface area contributed by atoms with Gasteiger partial charge in [-0.15, -0.1) is 0 Å². The Hall–Kier alpha value is -4.12. The average Bonchev–Trinajstić information content (AvgIpc) is 3.35. The van der Waals surface area contributed by atoms with Crippen LogP contribution in [0.3, 0.4) is 0 Å². The smallest absolute Gasteiger partial charge is 0.224 e. The Kier molecular flexibility index (Phi) is 6.69. The Balaban J connectivity index is 1.32. The van der Waals surface area contributed by atoms with E-state index in [-0.39, 0.29) is 5.91 Å². The van der Waals surface area contributed by atoms with Crippen molar-refractivity contribution < 1.29 is 9.53 Å². The summed E-state index contributed by atoms with van der Waals surface area (Å²) in [5.74, 6) is 0.589. The summed E-state index contributed by atoms with van der Waals surface area (Å²) in [5.41, 5.74) is 5.37. The van der Waals surface area contributed by atoms with Gasteiger partial charge in [0.2, 0.25) is 5.91 Å². The van der Waals surface area contributed by atoms with E-state index in [1.807, 2.05) is 77.8 Å². The predicted molar refractivity (Wildman–Crippen MR) is 125 cm³/mol. The Morgan fingerprint density at radius 2 is 2.09 bits per heavy atom. The maximum Gasteiger partial charge on any atom is 0.224 e. The summed E-state index contributed by atoms with van der Waals surface area (Å²) < 4.78 is 9.67. The van der Waals surface area contributed by atoms with Crippen LogP contribution in [0.2, 0.25) is 0 Å². The molecule has 0 saturated heterocycles. The molecule has 0 unspecified atom stereocenters. The third-order valence-corrected chi connectivity index (χ3v) is 5.49. The summed E-state index contributed by atoms with van der Waals surface area (Å²) in [4.78, 5) is 17.1. The maximum atomic E-state index is 12.5. The highest BCUT2D eigenvalue weighted by Gasteiger charge is 2.13. The van der Waals surface area contributed by atoms with Gasteiger partial charge < -0.3 is 14.5 Å². The lowest BCUT2D eigenvalue weighted by molar-refractivity contribution is -0.116. The second-order valence-corrected chi connectivity index (χ2v) is 7.84. The van der Waals surface area contributed by atoms with Crippen molar-refractivity contribution in [3.05, 3.63) is 77.5 Å². The van der Waals surface area contributed by atoms with Gasteiger partial charge in [-0.2, -0.15) is 10.4 Å². The lowest BCUT2D eigenvalue weighted by Crippen LogP contribution is -2.13. The summed E-state index contributed by atoms with van der Waals surface area (Å²) in [6.45, 7) is 4.83. The van der Waals surface area contributed by atoms with Gasteiger partial charge in [-0.1, -0.05) is 12.1 Å². The van der Waals surface area contributed by atoms with Crippen LogP contribution < -0.4 is 10.1 Å². The Morgan fingerprint density at radius 1 is 1.21 bits per heavy atom. The van der Waals surface area contributed by atoms with E-state index in [0.717, 1.165) is 28.3 Å². The summed E-state index contributed by atoms with van der Waals surface area (Å²) in [5, 5.41) is 16.2. The third-order valence-electron chi connectivity index (χ3n) is 5.49. The molecule has 0 atom stereocenters. The van der Waals surface area contributed by atoms with Crippen molar-refractivity contribution in [2.75, 3.05) is 5.32 Å². The highest BCUT2D eigenvalue weighted by atomic mass is 16.5. The zero-order valence-electron chi connectivity index (χ0n) is 18.8. The number of rotatable bonds is 9. The van der Waals surface area contributed by atoms with E-state index >= 15 is 0 Å². The molecule has 0 saturated carbocycles. The summed E-state index contributed by atoms with van der Waals surface area (Å²) >= 11 is 0. The molecule has 8 nitrogen and oxygen atoms in total. The number of amides is 1. The maximum absolute atomic E-state index is 12.5. The van der Waals surface area contributed by atoms with Crippen LogP contribution in [0.5, 0.6) is 5.75 Å². The number of hydrogen-bond acceptors (Lipinski definition) is 5. The molecule has 33 heavy (non-hydrogen) atoms. The molecule has 8 heteroatoms. The fourth-order valence-corrected chi connectivity index (χ4v) is 3.81. The molecule has 0 fully saturated rings. The van der Waals surface area contributed by atoms with Crippen molar-refractivity contribution >= 4 is 17.2 Å². The third kappa shape index (κ3) is 5.39. The number of aromatic nitrogens is 4. The van der Waals surface area contributed by atoms with E-state index in [9.17, 15) is 4.79 Å².